The number of carbonyl (C=O) groups is 1. The number of phenols is 2. The Balaban J connectivity index is 2.84. The van der Waals surface area contributed by atoms with E-state index in [4.69, 9.17) is 18.9 Å². The predicted octanol–water partition coefficient (Wildman–Crippen LogP) is 5.59. The summed E-state index contributed by atoms with van der Waals surface area (Å²) in [5, 5.41) is 20.8. The fourth-order valence-electron chi connectivity index (χ4n) is 3.16. The summed E-state index contributed by atoms with van der Waals surface area (Å²) in [7, 11) is 0. The molecule has 0 aromatic heterocycles. The number of rotatable bonds is 16. The van der Waals surface area contributed by atoms with Gasteiger partial charge in [-0.2, -0.15) is 0 Å². The minimum absolute atomic E-state index is 0.0130. The van der Waals surface area contributed by atoms with Gasteiger partial charge in [-0.25, -0.2) is 4.79 Å². The molecule has 172 valence electrons. The largest absolute Gasteiger partial charge is 0.503 e. The van der Waals surface area contributed by atoms with E-state index >= 15 is 0 Å². The Labute approximate surface area is 180 Å². The van der Waals surface area contributed by atoms with Crippen LogP contribution >= 0.6 is 0 Å². The molecule has 30 heavy (non-hydrogen) atoms. The standard InChI is InChI=1S/C23H38O7/c1-5-9-10-11-12-13-14-15-16-30-23(26)17-18(24)19(25)21(28-7-3)22(29-8-4)20(17)27-6-2/h24-25H,5-16H2,1-4H3. The first-order chi connectivity index (χ1) is 14.5. The molecule has 0 heterocycles. The molecular formula is C23H38O7. The number of esters is 1. The lowest BCUT2D eigenvalue weighted by molar-refractivity contribution is 0.0487. The van der Waals surface area contributed by atoms with Crippen LogP contribution in [0.25, 0.3) is 0 Å². The van der Waals surface area contributed by atoms with Crippen LogP contribution in [0, 0.1) is 0 Å². The quantitative estimate of drug-likeness (QED) is 0.202. The molecule has 0 aliphatic rings. The van der Waals surface area contributed by atoms with Crippen LogP contribution in [-0.2, 0) is 4.74 Å². The number of aromatic hydroxyl groups is 2. The van der Waals surface area contributed by atoms with Gasteiger partial charge in [0.2, 0.25) is 17.2 Å². The Morgan fingerprint density at radius 1 is 0.667 bits per heavy atom. The summed E-state index contributed by atoms with van der Waals surface area (Å²) >= 11 is 0. The van der Waals surface area contributed by atoms with Gasteiger partial charge in [-0.15, -0.1) is 0 Å². The van der Waals surface area contributed by atoms with Crippen LogP contribution in [0.1, 0.15) is 89.4 Å². The molecule has 2 N–H and O–H groups in total. The van der Waals surface area contributed by atoms with Crippen molar-refractivity contribution in [2.45, 2.75) is 79.1 Å². The molecule has 0 aliphatic heterocycles. The summed E-state index contributed by atoms with van der Waals surface area (Å²) in [5.41, 5.74) is -0.249. The second-order valence-corrected chi connectivity index (χ2v) is 6.97. The van der Waals surface area contributed by atoms with E-state index in [2.05, 4.69) is 6.92 Å². The molecule has 0 bridgehead atoms. The van der Waals surface area contributed by atoms with Crippen molar-refractivity contribution in [3.63, 3.8) is 0 Å². The SMILES string of the molecule is CCCCCCCCCCOC(=O)c1c(O)c(O)c(OCC)c(OCC)c1OCC. The molecule has 1 aromatic rings. The highest BCUT2D eigenvalue weighted by molar-refractivity contribution is 5.99. The number of hydrogen-bond donors (Lipinski definition) is 2. The summed E-state index contributed by atoms with van der Waals surface area (Å²) in [6.45, 7) is 8.40. The van der Waals surface area contributed by atoms with Crippen molar-refractivity contribution in [3.8, 4) is 28.7 Å². The highest BCUT2D eigenvalue weighted by Gasteiger charge is 2.32. The molecule has 0 atom stereocenters. The van der Waals surface area contributed by atoms with E-state index in [1.165, 1.54) is 32.1 Å². The maximum Gasteiger partial charge on any atom is 0.346 e. The zero-order valence-corrected chi connectivity index (χ0v) is 18.9. The minimum atomic E-state index is -0.766. The first-order valence-corrected chi connectivity index (χ1v) is 11.2. The Morgan fingerprint density at radius 3 is 1.73 bits per heavy atom. The van der Waals surface area contributed by atoms with E-state index in [0.717, 1.165) is 19.3 Å². The van der Waals surface area contributed by atoms with Gasteiger partial charge in [-0.3, -0.25) is 0 Å². The van der Waals surface area contributed by atoms with Crippen molar-refractivity contribution in [1.29, 1.82) is 0 Å². The van der Waals surface area contributed by atoms with E-state index in [0.29, 0.717) is 0 Å². The van der Waals surface area contributed by atoms with Crippen LogP contribution in [-0.4, -0.2) is 42.6 Å². The molecule has 0 radical (unpaired) electrons. The van der Waals surface area contributed by atoms with Crippen molar-refractivity contribution in [2.24, 2.45) is 0 Å². The van der Waals surface area contributed by atoms with Crippen LogP contribution in [0.2, 0.25) is 0 Å². The Kier molecular flexibility index (Phi) is 12.6. The molecule has 1 aromatic carbocycles. The Hall–Kier alpha value is -2.31. The van der Waals surface area contributed by atoms with Gasteiger partial charge in [0.1, 0.15) is 0 Å². The maximum atomic E-state index is 12.7. The van der Waals surface area contributed by atoms with Gasteiger partial charge in [0, 0.05) is 0 Å². The molecule has 0 saturated heterocycles. The lowest BCUT2D eigenvalue weighted by atomic mass is 10.1. The lowest BCUT2D eigenvalue weighted by Gasteiger charge is -2.20. The smallest absolute Gasteiger partial charge is 0.346 e. The van der Waals surface area contributed by atoms with Crippen LogP contribution < -0.4 is 14.2 Å². The first-order valence-electron chi connectivity index (χ1n) is 11.2. The molecule has 0 amide bonds. The fourth-order valence-corrected chi connectivity index (χ4v) is 3.16. The van der Waals surface area contributed by atoms with Crippen molar-refractivity contribution < 1.29 is 34.0 Å². The van der Waals surface area contributed by atoms with E-state index in [1.54, 1.807) is 20.8 Å². The second kappa shape index (κ2) is 14.6. The summed E-state index contributed by atoms with van der Waals surface area (Å²) < 4.78 is 21.9. The van der Waals surface area contributed by atoms with Gasteiger partial charge in [-0.1, -0.05) is 51.9 Å². The van der Waals surface area contributed by atoms with E-state index in [9.17, 15) is 15.0 Å². The topological polar surface area (TPSA) is 94.5 Å². The van der Waals surface area contributed by atoms with Gasteiger partial charge in [-0.05, 0) is 27.2 Å². The zero-order valence-electron chi connectivity index (χ0n) is 18.9. The predicted molar refractivity (Wildman–Crippen MR) is 116 cm³/mol. The summed E-state index contributed by atoms with van der Waals surface area (Å²) in [6, 6.07) is 0. The van der Waals surface area contributed by atoms with Gasteiger partial charge in [0.15, 0.2) is 17.1 Å². The lowest BCUT2D eigenvalue weighted by Crippen LogP contribution is -2.12. The summed E-state index contributed by atoms with van der Waals surface area (Å²) in [4.78, 5) is 12.7. The first kappa shape index (κ1) is 25.7. The average Bonchev–Trinajstić information content (AvgIpc) is 2.73. The van der Waals surface area contributed by atoms with Crippen molar-refractivity contribution in [1.82, 2.24) is 0 Å². The third-order valence-corrected chi connectivity index (χ3v) is 4.62. The van der Waals surface area contributed by atoms with Gasteiger partial charge in [0.05, 0.1) is 26.4 Å². The molecular weight excluding hydrogens is 388 g/mol. The van der Waals surface area contributed by atoms with Crippen molar-refractivity contribution >= 4 is 5.97 Å². The molecule has 0 unspecified atom stereocenters. The van der Waals surface area contributed by atoms with E-state index < -0.39 is 17.5 Å². The zero-order chi connectivity index (χ0) is 22.4. The Bertz CT molecular complexity index is 643. The number of benzene rings is 1. The van der Waals surface area contributed by atoms with Crippen molar-refractivity contribution in [2.75, 3.05) is 26.4 Å². The average molecular weight is 427 g/mol. The maximum absolute atomic E-state index is 12.7. The van der Waals surface area contributed by atoms with Crippen LogP contribution in [0.4, 0.5) is 0 Å². The normalized spacial score (nSPS) is 10.7. The molecule has 0 aliphatic carbocycles. The van der Waals surface area contributed by atoms with Gasteiger partial charge < -0.3 is 29.2 Å². The third kappa shape index (κ3) is 7.50. The second-order valence-electron chi connectivity index (χ2n) is 6.97. The van der Waals surface area contributed by atoms with Crippen LogP contribution in [0.5, 0.6) is 28.7 Å². The highest BCUT2D eigenvalue weighted by Crippen LogP contribution is 2.53. The monoisotopic (exact) mass is 426 g/mol. The van der Waals surface area contributed by atoms with E-state index in [-0.39, 0.29) is 49.2 Å². The van der Waals surface area contributed by atoms with Crippen molar-refractivity contribution in [3.05, 3.63) is 5.56 Å². The number of phenolic OH excluding ortho intramolecular Hbond substituents is 2. The van der Waals surface area contributed by atoms with Crippen LogP contribution in [0.15, 0.2) is 0 Å². The highest BCUT2D eigenvalue weighted by atomic mass is 16.6. The fraction of sp³-hybridized carbons (Fsp3) is 0.696. The number of ether oxygens (including phenoxy) is 4. The summed E-state index contributed by atoms with van der Waals surface area (Å²) in [6.07, 6.45) is 9.04. The molecule has 0 fully saturated rings. The minimum Gasteiger partial charge on any atom is -0.503 e. The number of unbranched alkanes of at least 4 members (excludes halogenated alkanes) is 7. The van der Waals surface area contributed by atoms with Gasteiger partial charge >= 0.3 is 5.97 Å². The molecule has 0 spiro atoms. The third-order valence-electron chi connectivity index (χ3n) is 4.62. The molecule has 0 saturated carbocycles. The molecule has 7 heteroatoms. The van der Waals surface area contributed by atoms with E-state index in [1.807, 2.05) is 0 Å². The summed E-state index contributed by atoms with van der Waals surface area (Å²) in [5.74, 6) is -1.93. The van der Waals surface area contributed by atoms with Gasteiger partial charge in [0.25, 0.3) is 0 Å². The Morgan fingerprint density at radius 2 is 1.17 bits per heavy atom. The molecule has 7 nitrogen and oxygen atoms in total. The number of hydrogen-bond acceptors (Lipinski definition) is 7. The molecule has 1 rings (SSSR count). The number of carbonyl (C=O) groups excluding carboxylic acids is 1. The van der Waals surface area contributed by atoms with Crippen LogP contribution in [0.3, 0.4) is 0 Å².